The van der Waals surface area contributed by atoms with E-state index in [0.29, 0.717) is 18.1 Å². The monoisotopic (exact) mass is 292 g/mol. The lowest BCUT2D eigenvalue weighted by molar-refractivity contribution is 0.00291. The molecular weight excluding hydrogens is 264 g/mol. The van der Waals surface area contributed by atoms with Crippen LogP contribution < -0.4 is 10.6 Å². The number of anilines is 2. The maximum absolute atomic E-state index is 5.62. The summed E-state index contributed by atoms with van der Waals surface area (Å²) >= 11 is 0. The van der Waals surface area contributed by atoms with Crippen LogP contribution in [0.5, 0.6) is 0 Å². The summed E-state index contributed by atoms with van der Waals surface area (Å²) in [5.74, 6) is 3.12. The Balaban J connectivity index is 2.11. The molecule has 0 radical (unpaired) electrons. The van der Waals surface area contributed by atoms with Crippen molar-refractivity contribution in [2.75, 3.05) is 23.8 Å². The first-order valence-corrected chi connectivity index (χ1v) is 8.05. The zero-order valence-corrected chi connectivity index (χ0v) is 13.9. The number of nitrogens with zero attached hydrogens (tertiary/aromatic N) is 2. The minimum atomic E-state index is 0.320. The minimum Gasteiger partial charge on any atom is -0.378 e. The average Bonchev–Trinajstić information content (AvgIpc) is 2.40. The van der Waals surface area contributed by atoms with E-state index in [-0.39, 0.29) is 0 Å². The first-order chi connectivity index (χ1) is 10.0. The second-order valence-electron chi connectivity index (χ2n) is 5.98. The van der Waals surface area contributed by atoms with Crippen LogP contribution in [0, 0.1) is 6.92 Å². The van der Waals surface area contributed by atoms with Gasteiger partial charge in [-0.25, -0.2) is 9.97 Å². The van der Waals surface area contributed by atoms with Gasteiger partial charge in [-0.1, -0.05) is 13.8 Å². The molecule has 0 spiro atoms. The molecule has 1 aromatic rings. The molecule has 0 bridgehead atoms. The normalized spacial score (nSPS) is 21.2. The van der Waals surface area contributed by atoms with Gasteiger partial charge in [-0.2, -0.15) is 0 Å². The first-order valence-electron chi connectivity index (χ1n) is 8.05. The highest BCUT2D eigenvalue weighted by molar-refractivity contribution is 5.58. The number of ether oxygens (including phenoxy) is 1. The van der Waals surface area contributed by atoms with E-state index < -0.39 is 0 Å². The molecule has 1 saturated carbocycles. The Morgan fingerprint density at radius 2 is 1.86 bits per heavy atom. The van der Waals surface area contributed by atoms with Gasteiger partial charge in [0, 0.05) is 30.7 Å². The van der Waals surface area contributed by atoms with Crippen LogP contribution >= 0.6 is 0 Å². The highest BCUT2D eigenvalue weighted by atomic mass is 16.5. The summed E-state index contributed by atoms with van der Waals surface area (Å²) in [5.41, 5.74) is 1.10. The number of aromatic nitrogens is 2. The van der Waals surface area contributed by atoms with Gasteiger partial charge in [0.25, 0.3) is 0 Å². The van der Waals surface area contributed by atoms with Gasteiger partial charge in [0.15, 0.2) is 0 Å². The third-order valence-electron chi connectivity index (χ3n) is 3.86. The Morgan fingerprint density at radius 1 is 1.19 bits per heavy atom. The second kappa shape index (κ2) is 7.07. The molecule has 5 heteroatoms. The fourth-order valence-electron chi connectivity index (χ4n) is 2.52. The summed E-state index contributed by atoms with van der Waals surface area (Å²) in [4.78, 5) is 9.34. The van der Waals surface area contributed by atoms with E-state index in [9.17, 15) is 0 Å². The molecule has 5 nitrogen and oxygen atoms in total. The van der Waals surface area contributed by atoms with Crippen molar-refractivity contribution in [3.63, 3.8) is 0 Å². The Labute approximate surface area is 127 Å². The molecule has 21 heavy (non-hydrogen) atoms. The fraction of sp³-hybridized carbons (Fsp3) is 0.750. The van der Waals surface area contributed by atoms with Crippen molar-refractivity contribution in [3.8, 4) is 0 Å². The van der Waals surface area contributed by atoms with Gasteiger partial charge >= 0.3 is 0 Å². The van der Waals surface area contributed by atoms with Gasteiger partial charge in [0.2, 0.25) is 0 Å². The van der Waals surface area contributed by atoms with Crippen LogP contribution in [-0.2, 0) is 4.74 Å². The van der Waals surface area contributed by atoms with Crippen molar-refractivity contribution >= 4 is 11.6 Å². The zero-order chi connectivity index (χ0) is 15.4. The van der Waals surface area contributed by atoms with E-state index in [0.717, 1.165) is 49.0 Å². The molecule has 0 aromatic carbocycles. The van der Waals surface area contributed by atoms with E-state index in [1.807, 2.05) is 6.92 Å². The average molecular weight is 292 g/mol. The molecule has 1 aromatic heterocycles. The second-order valence-corrected chi connectivity index (χ2v) is 5.98. The van der Waals surface area contributed by atoms with E-state index >= 15 is 0 Å². The lowest BCUT2D eigenvalue weighted by Crippen LogP contribution is -2.41. The number of hydrogen-bond acceptors (Lipinski definition) is 5. The summed E-state index contributed by atoms with van der Waals surface area (Å²) in [6, 6.07) is 0.463. The summed E-state index contributed by atoms with van der Waals surface area (Å²) in [6.45, 7) is 12.1. The summed E-state index contributed by atoms with van der Waals surface area (Å²) < 4.78 is 5.62. The summed E-state index contributed by atoms with van der Waals surface area (Å²) in [7, 11) is 0. The predicted molar refractivity (Wildman–Crippen MR) is 87.1 cm³/mol. The third kappa shape index (κ3) is 3.84. The van der Waals surface area contributed by atoms with Gasteiger partial charge in [-0.05, 0) is 33.6 Å². The van der Waals surface area contributed by atoms with Crippen molar-refractivity contribution in [2.45, 2.75) is 65.5 Å². The maximum atomic E-state index is 5.62. The van der Waals surface area contributed by atoms with Crippen molar-refractivity contribution in [2.24, 2.45) is 0 Å². The Morgan fingerprint density at radius 3 is 2.43 bits per heavy atom. The van der Waals surface area contributed by atoms with Crippen LogP contribution in [0.1, 0.15) is 57.8 Å². The van der Waals surface area contributed by atoms with Crippen molar-refractivity contribution < 1.29 is 4.74 Å². The summed E-state index contributed by atoms with van der Waals surface area (Å²) in [6.07, 6.45) is 2.53. The van der Waals surface area contributed by atoms with Crippen LogP contribution in [0.4, 0.5) is 11.6 Å². The van der Waals surface area contributed by atoms with Gasteiger partial charge in [0.05, 0.1) is 6.10 Å². The largest absolute Gasteiger partial charge is 0.378 e. The Bertz CT molecular complexity index is 470. The molecule has 0 saturated heterocycles. The van der Waals surface area contributed by atoms with Crippen LogP contribution in [0.2, 0.25) is 0 Å². The molecule has 1 heterocycles. The fourth-order valence-corrected chi connectivity index (χ4v) is 2.52. The van der Waals surface area contributed by atoms with Crippen LogP contribution in [0.15, 0.2) is 0 Å². The van der Waals surface area contributed by atoms with Crippen molar-refractivity contribution in [3.05, 3.63) is 11.4 Å². The smallest absolute Gasteiger partial charge is 0.135 e. The zero-order valence-electron chi connectivity index (χ0n) is 13.9. The molecule has 0 unspecified atom stereocenters. The first kappa shape index (κ1) is 16.0. The van der Waals surface area contributed by atoms with Crippen LogP contribution in [0.3, 0.4) is 0 Å². The molecule has 0 amide bonds. The number of hydrogen-bond donors (Lipinski definition) is 2. The van der Waals surface area contributed by atoms with E-state index in [1.165, 1.54) is 0 Å². The lowest BCUT2D eigenvalue weighted by atomic mass is 9.89. The van der Waals surface area contributed by atoms with Gasteiger partial charge in [-0.3, -0.25) is 0 Å². The van der Waals surface area contributed by atoms with E-state index in [4.69, 9.17) is 9.72 Å². The topological polar surface area (TPSA) is 59.1 Å². The van der Waals surface area contributed by atoms with Crippen molar-refractivity contribution in [1.82, 2.24) is 9.97 Å². The van der Waals surface area contributed by atoms with Gasteiger partial charge in [-0.15, -0.1) is 0 Å². The molecular formula is C16H28N4O. The SMILES string of the molecule is CCNc1nc(C(C)C)nc(NC2CC(OCC)C2)c1C. The summed E-state index contributed by atoms with van der Waals surface area (Å²) in [5, 5.41) is 6.89. The molecule has 1 fully saturated rings. The lowest BCUT2D eigenvalue weighted by Gasteiger charge is -2.36. The van der Waals surface area contributed by atoms with Gasteiger partial charge in [0.1, 0.15) is 17.5 Å². The quantitative estimate of drug-likeness (QED) is 0.807. The van der Waals surface area contributed by atoms with Crippen LogP contribution in [-0.4, -0.2) is 35.3 Å². The van der Waals surface area contributed by atoms with Crippen molar-refractivity contribution in [1.29, 1.82) is 0 Å². The molecule has 1 aliphatic rings. The number of nitrogens with one attached hydrogen (secondary N) is 2. The Hall–Kier alpha value is -1.36. The molecule has 118 valence electrons. The predicted octanol–water partition coefficient (Wildman–Crippen LogP) is 3.32. The van der Waals surface area contributed by atoms with E-state index in [1.54, 1.807) is 0 Å². The highest BCUT2D eigenvalue weighted by Gasteiger charge is 2.30. The van der Waals surface area contributed by atoms with Crippen LogP contribution in [0.25, 0.3) is 0 Å². The molecule has 0 atom stereocenters. The maximum Gasteiger partial charge on any atom is 0.135 e. The Kier molecular flexibility index (Phi) is 5.39. The third-order valence-corrected chi connectivity index (χ3v) is 3.86. The standard InChI is InChI=1S/C16H28N4O/c1-6-17-15-11(5)16(20-14(19-15)10(3)4)18-12-8-13(9-12)21-7-2/h10,12-13H,6-9H2,1-5H3,(H2,17,18,19,20). The highest BCUT2D eigenvalue weighted by Crippen LogP contribution is 2.29. The minimum absolute atomic E-state index is 0.320. The molecule has 1 aliphatic carbocycles. The molecule has 0 aliphatic heterocycles. The molecule has 2 rings (SSSR count). The number of rotatable bonds is 7. The molecule has 2 N–H and O–H groups in total. The van der Waals surface area contributed by atoms with Gasteiger partial charge < -0.3 is 15.4 Å². The van der Waals surface area contributed by atoms with E-state index in [2.05, 4.69) is 43.3 Å².